The Labute approximate surface area is 158 Å². The zero-order chi connectivity index (χ0) is 16.5. The number of fused-ring (bicyclic) bond motifs is 1. The van der Waals surface area contributed by atoms with E-state index in [2.05, 4.69) is 40.6 Å². The molecule has 0 spiro atoms. The number of benzene rings is 1. The fourth-order valence-corrected chi connectivity index (χ4v) is 4.99. The topological polar surface area (TPSA) is 68.0 Å². The van der Waals surface area contributed by atoms with Crippen molar-refractivity contribution in [2.75, 3.05) is 5.32 Å². The zero-order valence-electron chi connectivity index (χ0n) is 14.1. The van der Waals surface area contributed by atoms with E-state index in [1.165, 1.54) is 16.1 Å². The first-order chi connectivity index (χ1) is 11.7. The molecule has 3 N–H and O–H groups in total. The van der Waals surface area contributed by atoms with Gasteiger partial charge in [-0.1, -0.05) is 30.3 Å². The van der Waals surface area contributed by atoms with Gasteiger partial charge in [-0.25, -0.2) is 4.98 Å². The third kappa shape index (κ3) is 4.05. The lowest BCUT2D eigenvalue weighted by atomic mass is 9.85. The first-order valence-electron chi connectivity index (χ1n) is 8.79. The zero-order valence-corrected chi connectivity index (χ0v) is 15.7. The van der Waals surface area contributed by atoms with E-state index in [4.69, 9.17) is 5.73 Å². The van der Waals surface area contributed by atoms with Crippen molar-refractivity contribution in [2.24, 2.45) is 11.7 Å². The fraction of sp³-hybridized carbons (Fsp3) is 0.474. The lowest BCUT2D eigenvalue weighted by molar-refractivity contribution is -0.119. The van der Waals surface area contributed by atoms with Gasteiger partial charge < -0.3 is 11.1 Å². The van der Waals surface area contributed by atoms with Crippen LogP contribution in [-0.2, 0) is 17.6 Å². The Hall–Kier alpha value is -1.43. The number of aryl methyl sites for hydroxylation is 1. The quantitative estimate of drug-likeness (QED) is 0.852. The van der Waals surface area contributed by atoms with Gasteiger partial charge in [0.25, 0.3) is 0 Å². The minimum atomic E-state index is 0. The monoisotopic (exact) mass is 377 g/mol. The summed E-state index contributed by atoms with van der Waals surface area (Å²) in [5, 5.41) is 3.79. The molecule has 1 aromatic carbocycles. The van der Waals surface area contributed by atoms with E-state index >= 15 is 0 Å². The Kier molecular flexibility index (Phi) is 5.77. The third-order valence-corrected chi connectivity index (χ3v) is 6.32. The van der Waals surface area contributed by atoms with E-state index < -0.39 is 0 Å². The van der Waals surface area contributed by atoms with Crippen LogP contribution in [0.5, 0.6) is 0 Å². The molecule has 0 aliphatic heterocycles. The van der Waals surface area contributed by atoms with Crippen molar-refractivity contribution in [3.05, 3.63) is 46.5 Å². The Balaban J connectivity index is 0.00000182. The molecular weight excluding hydrogens is 354 g/mol. The van der Waals surface area contributed by atoms with Gasteiger partial charge in [0.2, 0.25) is 5.91 Å². The highest BCUT2D eigenvalue weighted by Crippen LogP contribution is 2.37. The molecule has 134 valence electrons. The second-order valence-corrected chi connectivity index (χ2v) is 8.08. The predicted molar refractivity (Wildman–Crippen MR) is 105 cm³/mol. The van der Waals surface area contributed by atoms with Crippen LogP contribution >= 0.6 is 23.7 Å². The molecule has 0 bridgehead atoms. The number of nitrogens with zero attached hydrogens (tertiary/aromatic N) is 1. The van der Waals surface area contributed by atoms with Gasteiger partial charge in [-0.05, 0) is 50.0 Å². The molecule has 2 aliphatic carbocycles. The first-order valence-corrected chi connectivity index (χ1v) is 9.60. The van der Waals surface area contributed by atoms with Crippen molar-refractivity contribution in [1.29, 1.82) is 0 Å². The molecule has 1 heterocycles. The summed E-state index contributed by atoms with van der Waals surface area (Å²) in [7, 11) is 0. The Morgan fingerprint density at radius 3 is 2.72 bits per heavy atom. The summed E-state index contributed by atoms with van der Waals surface area (Å²) in [5.41, 5.74) is 8.49. The van der Waals surface area contributed by atoms with E-state index in [1.807, 2.05) is 0 Å². The van der Waals surface area contributed by atoms with Crippen LogP contribution in [-0.4, -0.2) is 16.9 Å². The molecule has 3 unspecified atom stereocenters. The molecule has 25 heavy (non-hydrogen) atoms. The predicted octanol–water partition coefficient (Wildman–Crippen LogP) is 3.90. The molecule has 1 saturated carbocycles. The minimum absolute atomic E-state index is 0. The average molecular weight is 378 g/mol. The van der Waals surface area contributed by atoms with Crippen molar-refractivity contribution < 1.29 is 4.79 Å². The van der Waals surface area contributed by atoms with Gasteiger partial charge in [0.05, 0.1) is 5.69 Å². The SMILES string of the molecule is Cl.NC1CCC(C(=O)Nc2nc3c(s2)CC(c2ccccc2)CC3)C1. The van der Waals surface area contributed by atoms with Crippen molar-refractivity contribution in [2.45, 2.75) is 50.5 Å². The van der Waals surface area contributed by atoms with Crippen LogP contribution < -0.4 is 11.1 Å². The van der Waals surface area contributed by atoms with E-state index in [9.17, 15) is 4.79 Å². The number of nitrogens with one attached hydrogen (secondary N) is 1. The van der Waals surface area contributed by atoms with Gasteiger partial charge in [-0.2, -0.15) is 0 Å². The largest absolute Gasteiger partial charge is 0.328 e. The molecule has 2 aliphatic rings. The standard InChI is InChI=1S/C19H23N3OS.ClH/c20-15-8-6-14(10-15)18(23)22-19-21-16-9-7-13(11-17(16)24-19)12-4-2-1-3-5-12;/h1-5,13-15H,6-11,20H2,(H,21,22,23);1H. The number of amides is 1. The number of aromatic nitrogens is 1. The summed E-state index contributed by atoms with van der Waals surface area (Å²) < 4.78 is 0. The van der Waals surface area contributed by atoms with Gasteiger partial charge in [0.15, 0.2) is 5.13 Å². The normalized spacial score (nSPS) is 25.1. The number of halogens is 1. The minimum Gasteiger partial charge on any atom is -0.328 e. The lowest BCUT2D eigenvalue weighted by Gasteiger charge is -2.21. The highest BCUT2D eigenvalue weighted by atomic mass is 35.5. The molecule has 2 aromatic rings. The molecule has 0 radical (unpaired) electrons. The molecule has 1 fully saturated rings. The maximum atomic E-state index is 12.4. The van der Waals surface area contributed by atoms with Crippen molar-refractivity contribution in [1.82, 2.24) is 4.98 Å². The number of carbonyl (C=O) groups excluding carboxylic acids is 1. The van der Waals surface area contributed by atoms with Crippen LogP contribution in [0.1, 0.15) is 47.7 Å². The van der Waals surface area contributed by atoms with Crippen LogP contribution in [0.2, 0.25) is 0 Å². The van der Waals surface area contributed by atoms with Gasteiger partial charge in [0, 0.05) is 16.8 Å². The van der Waals surface area contributed by atoms with Gasteiger partial charge in [-0.15, -0.1) is 23.7 Å². The Bertz CT molecular complexity index is 734. The molecule has 6 heteroatoms. The van der Waals surface area contributed by atoms with E-state index in [-0.39, 0.29) is 30.3 Å². The Morgan fingerprint density at radius 2 is 2.00 bits per heavy atom. The molecule has 3 atom stereocenters. The number of carbonyl (C=O) groups is 1. The summed E-state index contributed by atoms with van der Waals surface area (Å²) in [5.74, 6) is 0.710. The molecule has 1 aromatic heterocycles. The van der Waals surface area contributed by atoms with Crippen molar-refractivity contribution in [3.63, 3.8) is 0 Å². The van der Waals surface area contributed by atoms with Gasteiger partial charge in [0.1, 0.15) is 0 Å². The maximum absolute atomic E-state index is 12.4. The Morgan fingerprint density at radius 1 is 1.20 bits per heavy atom. The number of thiazole rings is 1. The van der Waals surface area contributed by atoms with Crippen LogP contribution in [0.25, 0.3) is 0 Å². The highest BCUT2D eigenvalue weighted by Gasteiger charge is 2.29. The van der Waals surface area contributed by atoms with E-state index in [0.29, 0.717) is 5.92 Å². The molecular formula is C19H24ClN3OS. The van der Waals surface area contributed by atoms with Crippen LogP contribution in [0.3, 0.4) is 0 Å². The van der Waals surface area contributed by atoms with Gasteiger partial charge >= 0.3 is 0 Å². The molecule has 4 rings (SSSR count). The lowest BCUT2D eigenvalue weighted by Crippen LogP contribution is -2.23. The van der Waals surface area contributed by atoms with E-state index in [1.54, 1.807) is 11.3 Å². The third-order valence-electron chi connectivity index (χ3n) is 5.28. The molecule has 4 nitrogen and oxygen atoms in total. The fourth-order valence-electron chi connectivity index (χ4n) is 3.90. The summed E-state index contributed by atoms with van der Waals surface area (Å²) in [4.78, 5) is 18.4. The highest BCUT2D eigenvalue weighted by molar-refractivity contribution is 7.15. The number of rotatable bonds is 3. The van der Waals surface area contributed by atoms with Crippen molar-refractivity contribution >= 4 is 34.8 Å². The summed E-state index contributed by atoms with van der Waals surface area (Å²) >= 11 is 1.65. The molecule has 1 amide bonds. The first kappa shape index (κ1) is 18.4. The summed E-state index contributed by atoms with van der Waals surface area (Å²) in [6, 6.07) is 10.9. The number of nitrogens with two attached hydrogens (primary N) is 1. The number of hydrogen-bond acceptors (Lipinski definition) is 4. The number of anilines is 1. The van der Waals surface area contributed by atoms with Crippen LogP contribution in [0.4, 0.5) is 5.13 Å². The second kappa shape index (κ2) is 7.85. The second-order valence-electron chi connectivity index (χ2n) is 7.00. The summed E-state index contributed by atoms with van der Waals surface area (Å²) in [6.45, 7) is 0. The van der Waals surface area contributed by atoms with Crippen LogP contribution in [0, 0.1) is 5.92 Å². The maximum Gasteiger partial charge on any atom is 0.229 e. The smallest absolute Gasteiger partial charge is 0.229 e. The average Bonchev–Trinajstić information content (AvgIpc) is 3.20. The van der Waals surface area contributed by atoms with Crippen LogP contribution in [0.15, 0.2) is 30.3 Å². The summed E-state index contributed by atoms with van der Waals surface area (Å²) in [6.07, 6.45) is 5.80. The van der Waals surface area contributed by atoms with Crippen molar-refractivity contribution in [3.8, 4) is 0 Å². The van der Waals surface area contributed by atoms with E-state index in [0.717, 1.165) is 43.7 Å². The van der Waals surface area contributed by atoms with Gasteiger partial charge in [-0.3, -0.25) is 4.79 Å². The molecule has 0 saturated heterocycles. The number of hydrogen-bond donors (Lipinski definition) is 2.